The van der Waals surface area contributed by atoms with Crippen LogP contribution < -0.4 is 5.32 Å². The number of aryl methyl sites for hydroxylation is 1. The van der Waals surface area contributed by atoms with Gasteiger partial charge in [0.25, 0.3) is 5.91 Å². The van der Waals surface area contributed by atoms with Crippen molar-refractivity contribution >= 4 is 17.6 Å². The summed E-state index contributed by atoms with van der Waals surface area (Å²) in [5, 5.41) is 11.5. The maximum Gasteiger partial charge on any atom is 0.338 e. The smallest absolute Gasteiger partial charge is 0.338 e. The number of hydrogen-bond donors (Lipinski definition) is 1. The lowest BCUT2D eigenvalue weighted by Crippen LogP contribution is -2.30. The van der Waals surface area contributed by atoms with Crippen LogP contribution >= 0.6 is 0 Å². The third-order valence-corrected chi connectivity index (χ3v) is 3.51. The minimum absolute atomic E-state index is 0.401. The molecule has 2 aromatic rings. The van der Waals surface area contributed by atoms with E-state index in [2.05, 4.69) is 5.32 Å². The highest BCUT2D eigenvalue weighted by Crippen LogP contribution is 2.12. The highest BCUT2D eigenvalue weighted by Gasteiger charge is 2.19. The van der Waals surface area contributed by atoms with E-state index in [9.17, 15) is 9.59 Å². The molecule has 0 spiro atoms. The maximum absolute atomic E-state index is 12.1. The number of carbonyl (C=O) groups excluding carboxylic acids is 2. The van der Waals surface area contributed by atoms with Crippen molar-refractivity contribution in [2.45, 2.75) is 26.4 Å². The predicted molar refractivity (Wildman–Crippen MR) is 90.5 cm³/mol. The van der Waals surface area contributed by atoms with Crippen LogP contribution in [-0.2, 0) is 16.0 Å². The number of nitriles is 1. The summed E-state index contributed by atoms with van der Waals surface area (Å²) >= 11 is 0. The van der Waals surface area contributed by atoms with Gasteiger partial charge in [0.1, 0.15) is 0 Å². The minimum atomic E-state index is -0.950. The molecule has 1 amide bonds. The van der Waals surface area contributed by atoms with E-state index in [1.54, 1.807) is 36.4 Å². The molecule has 0 aliphatic rings. The number of benzene rings is 2. The molecule has 0 saturated carbocycles. The van der Waals surface area contributed by atoms with Crippen molar-refractivity contribution in [3.63, 3.8) is 0 Å². The highest BCUT2D eigenvalue weighted by atomic mass is 16.5. The Hall–Kier alpha value is -3.13. The van der Waals surface area contributed by atoms with E-state index < -0.39 is 18.0 Å². The molecule has 0 aromatic heterocycles. The summed E-state index contributed by atoms with van der Waals surface area (Å²) in [5.41, 5.74) is 2.44. The number of carbonyl (C=O) groups is 2. The van der Waals surface area contributed by atoms with Crippen molar-refractivity contribution in [2.75, 3.05) is 5.32 Å². The van der Waals surface area contributed by atoms with Crippen LogP contribution in [0.15, 0.2) is 48.5 Å². The zero-order valence-corrected chi connectivity index (χ0v) is 13.6. The fourth-order valence-electron chi connectivity index (χ4n) is 2.07. The average Bonchev–Trinajstić information content (AvgIpc) is 2.61. The first-order valence-electron chi connectivity index (χ1n) is 7.64. The van der Waals surface area contributed by atoms with Crippen molar-refractivity contribution in [2.24, 2.45) is 0 Å². The second-order valence-corrected chi connectivity index (χ2v) is 5.28. The Morgan fingerprint density at radius 2 is 1.92 bits per heavy atom. The normalized spacial score (nSPS) is 11.2. The summed E-state index contributed by atoms with van der Waals surface area (Å²) in [6.07, 6.45) is -0.0651. The summed E-state index contributed by atoms with van der Waals surface area (Å²) in [6, 6.07) is 15.6. The van der Waals surface area contributed by atoms with Crippen LogP contribution in [0.25, 0.3) is 0 Å². The Morgan fingerprint density at radius 1 is 1.21 bits per heavy atom. The van der Waals surface area contributed by atoms with Crippen LogP contribution in [0.4, 0.5) is 5.69 Å². The van der Waals surface area contributed by atoms with Crippen LogP contribution in [0, 0.1) is 11.3 Å². The fraction of sp³-hybridized carbons (Fsp3) is 0.211. The van der Waals surface area contributed by atoms with Crippen molar-refractivity contribution < 1.29 is 14.3 Å². The number of nitrogens with one attached hydrogen (secondary N) is 1. The lowest BCUT2D eigenvalue weighted by molar-refractivity contribution is -0.123. The van der Waals surface area contributed by atoms with E-state index in [4.69, 9.17) is 10.00 Å². The highest BCUT2D eigenvalue weighted by molar-refractivity contribution is 5.97. The Labute approximate surface area is 140 Å². The van der Waals surface area contributed by atoms with Gasteiger partial charge in [0, 0.05) is 5.69 Å². The zero-order valence-electron chi connectivity index (χ0n) is 13.6. The first-order chi connectivity index (χ1) is 11.5. The van der Waals surface area contributed by atoms with Crippen LogP contribution in [0.5, 0.6) is 0 Å². The monoisotopic (exact) mass is 322 g/mol. The van der Waals surface area contributed by atoms with E-state index in [1.807, 2.05) is 25.1 Å². The molecule has 1 atom stereocenters. The predicted octanol–water partition coefficient (Wildman–Crippen LogP) is 3.30. The lowest BCUT2D eigenvalue weighted by Gasteiger charge is -2.14. The topological polar surface area (TPSA) is 79.2 Å². The third kappa shape index (κ3) is 4.43. The summed E-state index contributed by atoms with van der Waals surface area (Å²) in [4.78, 5) is 24.2. The molecule has 1 N–H and O–H groups in total. The van der Waals surface area contributed by atoms with Crippen molar-refractivity contribution in [3.8, 4) is 6.07 Å². The van der Waals surface area contributed by atoms with Crippen LogP contribution in [0.2, 0.25) is 0 Å². The number of hydrogen-bond acceptors (Lipinski definition) is 4. The molecule has 0 aliphatic heterocycles. The minimum Gasteiger partial charge on any atom is -0.449 e. The third-order valence-electron chi connectivity index (χ3n) is 3.51. The fourth-order valence-corrected chi connectivity index (χ4v) is 2.07. The molecule has 122 valence electrons. The van der Waals surface area contributed by atoms with E-state index in [-0.39, 0.29) is 0 Å². The van der Waals surface area contributed by atoms with Gasteiger partial charge in [-0.25, -0.2) is 4.79 Å². The Morgan fingerprint density at radius 3 is 2.54 bits per heavy atom. The molecule has 0 fully saturated rings. The molecule has 0 radical (unpaired) electrons. The van der Waals surface area contributed by atoms with Crippen LogP contribution in [0.3, 0.4) is 0 Å². The van der Waals surface area contributed by atoms with Gasteiger partial charge in [-0.2, -0.15) is 5.26 Å². The summed E-state index contributed by atoms with van der Waals surface area (Å²) in [6.45, 7) is 3.53. The van der Waals surface area contributed by atoms with Gasteiger partial charge in [0.2, 0.25) is 0 Å². The standard InChI is InChI=1S/C19H18N2O3/c1-3-14-7-9-16(10-8-14)19(23)24-13(2)18(22)21-17-6-4-5-15(11-17)12-20/h4-11,13H,3H2,1-2H3,(H,21,22)/t13-/m0/s1. The molecule has 5 nitrogen and oxygen atoms in total. The second kappa shape index (κ2) is 7.93. The van der Waals surface area contributed by atoms with Crippen molar-refractivity contribution in [3.05, 3.63) is 65.2 Å². The molecule has 2 aromatic carbocycles. The quantitative estimate of drug-likeness (QED) is 0.857. The molecule has 0 unspecified atom stereocenters. The number of amides is 1. The molecule has 0 aliphatic carbocycles. The number of esters is 1. The molecule has 0 bridgehead atoms. The molecular formula is C19H18N2O3. The van der Waals surface area contributed by atoms with Gasteiger partial charge in [0.05, 0.1) is 17.2 Å². The summed E-state index contributed by atoms with van der Waals surface area (Å²) < 4.78 is 5.18. The van der Waals surface area contributed by atoms with E-state index >= 15 is 0 Å². The van der Waals surface area contributed by atoms with E-state index in [0.717, 1.165) is 12.0 Å². The SMILES string of the molecule is CCc1ccc(C(=O)O[C@@H](C)C(=O)Nc2cccc(C#N)c2)cc1. The van der Waals surface area contributed by atoms with Gasteiger partial charge in [0.15, 0.2) is 6.10 Å². The van der Waals surface area contributed by atoms with Gasteiger partial charge >= 0.3 is 5.97 Å². The maximum atomic E-state index is 12.1. The molecule has 0 saturated heterocycles. The first-order valence-corrected chi connectivity index (χ1v) is 7.64. The number of rotatable bonds is 5. The molecule has 0 heterocycles. The van der Waals surface area contributed by atoms with Gasteiger partial charge in [-0.3, -0.25) is 4.79 Å². The van der Waals surface area contributed by atoms with E-state index in [0.29, 0.717) is 16.8 Å². The summed E-state index contributed by atoms with van der Waals surface area (Å²) in [7, 11) is 0. The number of ether oxygens (including phenoxy) is 1. The largest absolute Gasteiger partial charge is 0.449 e. The van der Waals surface area contributed by atoms with Gasteiger partial charge in [-0.1, -0.05) is 25.1 Å². The number of nitrogens with zero attached hydrogens (tertiary/aromatic N) is 1. The van der Waals surface area contributed by atoms with Crippen molar-refractivity contribution in [1.82, 2.24) is 0 Å². The molecular weight excluding hydrogens is 304 g/mol. The van der Waals surface area contributed by atoms with Gasteiger partial charge < -0.3 is 10.1 Å². The van der Waals surface area contributed by atoms with Crippen LogP contribution in [-0.4, -0.2) is 18.0 Å². The Balaban J connectivity index is 1.97. The van der Waals surface area contributed by atoms with E-state index in [1.165, 1.54) is 6.92 Å². The van der Waals surface area contributed by atoms with Crippen LogP contribution in [0.1, 0.15) is 35.3 Å². The second-order valence-electron chi connectivity index (χ2n) is 5.28. The zero-order chi connectivity index (χ0) is 17.5. The van der Waals surface area contributed by atoms with Gasteiger partial charge in [-0.05, 0) is 49.2 Å². The molecule has 24 heavy (non-hydrogen) atoms. The average molecular weight is 322 g/mol. The number of anilines is 1. The Bertz CT molecular complexity index is 776. The summed E-state index contributed by atoms with van der Waals surface area (Å²) in [5.74, 6) is -1.00. The van der Waals surface area contributed by atoms with Gasteiger partial charge in [-0.15, -0.1) is 0 Å². The first kappa shape index (κ1) is 17.2. The lowest BCUT2D eigenvalue weighted by atomic mass is 10.1. The molecule has 2 rings (SSSR count). The van der Waals surface area contributed by atoms with Crippen molar-refractivity contribution in [1.29, 1.82) is 5.26 Å². The Kier molecular flexibility index (Phi) is 5.69. The molecule has 5 heteroatoms.